The molecular formula is C17H12N2O6. The minimum atomic E-state index is -0.783. The lowest BCUT2D eigenvalue weighted by molar-refractivity contribution is -0.130. The molecule has 8 nitrogen and oxygen atoms in total. The molecule has 1 saturated heterocycles. The summed E-state index contributed by atoms with van der Waals surface area (Å²) in [5.74, 6) is 0.115. The molecule has 2 aliphatic rings. The van der Waals surface area contributed by atoms with E-state index in [9.17, 15) is 14.4 Å². The number of barbiturate groups is 1. The Bertz CT molecular complexity index is 900. The van der Waals surface area contributed by atoms with Gasteiger partial charge in [-0.2, -0.15) is 0 Å². The van der Waals surface area contributed by atoms with Crippen LogP contribution >= 0.6 is 0 Å². The second-order valence-corrected chi connectivity index (χ2v) is 5.40. The van der Waals surface area contributed by atoms with E-state index in [2.05, 4.69) is 5.32 Å². The summed E-state index contributed by atoms with van der Waals surface area (Å²) < 4.78 is 15.7. The second-order valence-electron chi connectivity index (χ2n) is 5.40. The van der Waals surface area contributed by atoms with Crippen molar-refractivity contribution in [1.82, 2.24) is 10.2 Å². The molecule has 4 amide bonds. The van der Waals surface area contributed by atoms with E-state index in [-0.39, 0.29) is 18.9 Å². The van der Waals surface area contributed by atoms with Crippen LogP contribution in [0.4, 0.5) is 4.79 Å². The molecule has 3 heterocycles. The maximum atomic E-state index is 12.6. The van der Waals surface area contributed by atoms with Crippen LogP contribution in [0.25, 0.3) is 6.08 Å². The van der Waals surface area contributed by atoms with Gasteiger partial charge in [-0.05, 0) is 35.9 Å². The summed E-state index contributed by atoms with van der Waals surface area (Å²) in [5.41, 5.74) is 0.431. The Morgan fingerprint density at radius 3 is 2.76 bits per heavy atom. The van der Waals surface area contributed by atoms with Crippen LogP contribution in [0, 0.1) is 0 Å². The number of fused-ring (bicyclic) bond motifs is 1. The molecule has 1 N–H and O–H groups in total. The highest BCUT2D eigenvalue weighted by atomic mass is 16.7. The number of rotatable bonds is 3. The smallest absolute Gasteiger partial charge is 0.331 e. The Morgan fingerprint density at radius 2 is 1.96 bits per heavy atom. The van der Waals surface area contributed by atoms with Crippen LogP contribution in [0.1, 0.15) is 11.3 Å². The number of nitrogens with zero attached hydrogens (tertiary/aromatic N) is 1. The normalized spacial score (nSPS) is 18.0. The molecule has 0 bridgehead atoms. The Labute approximate surface area is 141 Å². The van der Waals surface area contributed by atoms with Gasteiger partial charge in [-0.3, -0.25) is 19.8 Å². The minimum absolute atomic E-state index is 0.0660. The molecule has 2 aliphatic heterocycles. The predicted molar refractivity (Wildman–Crippen MR) is 83.3 cm³/mol. The van der Waals surface area contributed by atoms with Gasteiger partial charge in [-0.1, -0.05) is 6.07 Å². The van der Waals surface area contributed by atoms with Gasteiger partial charge < -0.3 is 13.9 Å². The van der Waals surface area contributed by atoms with Crippen LogP contribution in [0.15, 0.2) is 46.6 Å². The molecule has 0 aliphatic carbocycles. The maximum Gasteiger partial charge on any atom is 0.331 e. The number of hydrogen-bond donors (Lipinski definition) is 1. The first-order valence-corrected chi connectivity index (χ1v) is 7.43. The fourth-order valence-corrected chi connectivity index (χ4v) is 2.57. The number of urea groups is 1. The van der Waals surface area contributed by atoms with Crippen molar-refractivity contribution in [2.75, 3.05) is 6.79 Å². The molecule has 126 valence electrons. The van der Waals surface area contributed by atoms with Gasteiger partial charge in [0.05, 0.1) is 12.8 Å². The highest BCUT2D eigenvalue weighted by Gasteiger charge is 2.36. The third-order valence-electron chi connectivity index (χ3n) is 3.79. The fraction of sp³-hybridized carbons (Fsp3) is 0.118. The van der Waals surface area contributed by atoms with E-state index in [0.717, 1.165) is 4.90 Å². The average Bonchev–Trinajstić information content (AvgIpc) is 3.26. The van der Waals surface area contributed by atoms with Crippen LogP contribution in [0.2, 0.25) is 0 Å². The van der Waals surface area contributed by atoms with E-state index < -0.39 is 17.8 Å². The van der Waals surface area contributed by atoms with Crippen molar-refractivity contribution in [2.45, 2.75) is 6.54 Å². The van der Waals surface area contributed by atoms with E-state index >= 15 is 0 Å². The quantitative estimate of drug-likeness (QED) is 0.674. The van der Waals surface area contributed by atoms with E-state index in [1.165, 1.54) is 12.3 Å². The molecular weight excluding hydrogens is 328 g/mol. The van der Waals surface area contributed by atoms with Gasteiger partial charge in [0.2, 0.25) is 6.79 Å². The number of nitrogens with one attached hydrogen (secondary N) is 1. The zero-order valence-corrected chi connectivity index (χ0v) is 12.9. The molecule has 0 atom stereocenters. The lowest BCUT2D eigenvalue weighted by Gasteiger charge is -2.25. The molecule has 0 saturated carbocycles. The van der Waals surface area contributed by atoms with Crippen molar-refractivity contribution in [3.63, 3.8) is 0 Å². The van der Waals surface area contributed by atoms with Crippen LogP contribution < -0.4 is 14.8 Å². The molecule has 1 aromatic heterocycles. The zero-order chi connectivity index (χ0) is 17.4. The second kappa shape index (κ2) is 5.82. The third kappa shape index (κ3) is 2.74. The van der Waals surface area contributed by atoms with Crippen molar-refractivity contribution < 1.29 is 28.3 Å². The summed E-state index contributed by atoms with van der Waals surface area (Å²) in [6, 6.07) is 7.53. The minimum Gasteiger partial charge on any atom is -0.467 e. The van der Waals surface area contributed by atoms with Crippen LogP contribution in [-0.2, 0) is 16.1 Å². The number of hydrogen-bond acceptors (Lipinski definition) is 6. The number of furan rings is 1. The van der Waals surface area contributed by atoms with Gasteiger partial charge in [-0.15, -0.1) is 0 Å². The van der Waals surface area contributed by atoms with Crippen molar-refractivity contribution in [3.05, 3.63) is 53.5 Å². The first kappa shape index (κ1) is 15.0. The van der Waals surface area contributed by atoms with Gasteiger partial charge in [0, 0.05) is 0 Å². The topological polar surface area (TPSA) is 98.1 Å². The summed E-state index contributed by atoms with van der Waals surface area (Å²) in [5, 5.41) is 2.16. The highest BCUT2D eigenvalue weighted by Crippen LogP contribution is 2.33. The van der Waals surface area contributed by atoms with Crippen LogP contribution in [0.3, 0.4) is 0 Å². The monoisotopic (exact) mass is 340 g/mol. The average molecular weight is 340 g/mol. The predicted octanol–water partition coefficient (Wildman–Crippen LogP) is 1.67. The number of carbonyl (C=O) groups excluding carboxylic acids is 3. The first-order chi connectivity index (χ1) is 12.1. The third-order valence-corrected chi connectivity index (χ3v) is 3.79. The summed E-state index contributed by atoms with van der Waals surface area (Å²) in [4.78, 5) is 37.5. The SMILES string of the molecule is O=C1NC(=O)N(Cc2ccco2)C(=O)C1=Cc1ccc2c(c1)OCO2. The lowest BCUT2D eigenvalue weighted by Crippen LogP contribution is -2.53. The van der Waals surface area contributed by atoms with Crippen LogP contribution in [0.5, 0.6) is 11.5 Å². The van der Waals surface area contributed by atoms with Crippen molar-refractivity contribution in [1.29, 1.82) is 0 Å². The van der Waals surface area contributed by atoms with Gasteiger partial charge in [0.25, 0.3) is 11.8 Å². The van der Waals surface area contributed by atoms with Crippen molar-refractivity contribution in [3.8, 4) is 11.5 Å². The maximum absolute atomic E-state index is 12.6. The van der Waals surface area contributed by atoms with E-state index in [1.54, 1.807) is 30.3 Å². The number of ether oxygens (including phenoxy) is 2. The summed E-state index contributed by atoms with van der Waals surface area (Å²) in [6.45, 7) is 0.0592. The Hall–Kier alpha value is -3.55. The standard InChI is InChI=1S/C17H12N2O6/c20-15-12(6-10-3-4-13-14(7-10)25-9-24-13)16(21)19(17(22)18-15)8-11-2-1-5-23-11/h1-7H,8-9H2,(H,18,20,22). The highest BCUT2D eigenvalue weighted by molar-refractivity contribution is 6.30. The van der Waals surface area contributed by atoms with Gasteiger partial charge in [-0.25, -0.2) is 4.79 Å². The molecule has 0 unspecified atom stereocenters. The zero-order valence-electron chi connectivity index (χ0n) is 12.9. The number of carbonyl (C=O) groups is 3. The molecule has 1 fully saturated rings. The Balaban J connectivity index is 1.64. The Morgan fingerprint density at radius 1 is 1.12 bits per heavy atom. The number of benzene rings is 1. The van der Waals surface area contributed by atoms with Gasteiger partial charge in [0.15, 0.2) is 11.5 Å². The number of amides is 4. The molecule has 25 heavy (non-hydrogen) atoms. The molecule has 2 aromatic rings. The van der Waals surface area contributed by atoms with Gasteiger partial charge >= 0.3 is 6.03 Å². The van der Waals surface area contributed by atoms with E-state index in [1.807, 2.05) is 0 Å². The molecule has 0 spiro atoms. The number of imide groups is 2. The first-order valence-electron chi connectivity index (χ1n) is 7.43. The molecule has 0 radical (unpaired) electrons. The Kier molecular flexibility index (Phi) is 3.50. The molecule has 4 rings (SSSR count). The summed E-state index contributed by atoms with van der Waals surface area (Å²) in [6.07, 6.45) is 2.84. The van der Waals surface area contributed by atoms with Gasteiger partial charge in [0.1, 0.15) is 11.3 Å². The van der Waals surface area contributed by atoms with Crippen molar-refractivity contribution in [2.24, 2.45) is 0 Å². The summed E-state index contributed by atoms with van der Waals surface area (Å²) >= 11 is 0. The largest absolute Gasteiger partial charge is 0.467 e. The van der Waals surface area contributed by atoms with Crippen LogP contribution in [-0.4, -0.2) is 29.5 Å². The van der Waals surface area contributed by atoms with Crippen molar-refractivity contribution >= 4 is 23.9 Å². The fourth-order valence-electron chi connectivity index (χ4n) is 2.57. The van der Waals surface area contributed by atoms with E-state index in [0.29, 0.717) is 22.8 Å². The lowest BCUT2D eigenvalue weighted by atomic mass is 10.1. The molecule has 1 aromatic carbocycles. The summed E-state index contributed by atoms with van der Waals surface area (Å²) in [7, 11) is 0. The van der Waals surface area contributed by atoms with E-state index in [4.69, 9.17) is 13.9 Å². The molecule has 8 heteroatoms.